The van der Waals surface area contributed by atoms with Crippen molar-refractivity contribution in [1.82, 2.24) is 9.80 Å². The second kappa shape index (κ2) is 5.04. The first-order chi connectivity index (χ1) is 8.08. The smallest absolute Gasteiger partial charge is 0.305 e. The number of rotatable bonds is 3. The van der Waals surface area contributed by atoms with E-state index in [0.29, 0.717) is 19.1 Å². The summed E-state index contributed by atoms with van der Waals surface area (Å²) in [6, 6.07) is 0.318. The Bertz CT molecular complexity index is 313. The normalized spacial score (nSPS) is 27.7. The van der Waals surface area contributed by atoms with Gasteiger partial charge in [0.1, 0.15) is 0 Å². The number of amides is 1. The van der Waals surface area contributed by atoms with Crippen LogP contribution in [0.5, 0.6) is 0 Å². The van der Waals surface area contributed by atoms with Crippen molar-refractivity contribution in [1.29, 1.82) is 0 Å². The number of hydrogen-bond acceptors (Lipinski definition) is 3. The molecule has 1 aliphatic heterocycles. The van der Waals surface area contributed by atoms with Gasteiger partial charge in [0.15, 0.2) is 0 Å². The highest BCUT2D eigenvalue weighted by molar-refractivity contribution is 5.80. The number of carboxylic acids is 1. The predicted octanol–water partition coefficient (Wildman–Crippen LogP) is 0.546. The van der Waals surface area contributed by atoms with Crippen molar-refractivity contribution in [2.24, 2.45) is 0 Å². The van der Waals surface area contributed by atoms with Crippen LogP contribution in [-0.2, 0) is 9.59 Å². The van der Waals surface area contributed by atoms with E-state index in [0.717, 1.165) is 12.8 Å². The first-order valence-corrected chi connectivity index (χ1v) is 6.29. The quantitative estimate of drug-likeness (QED) is 0.782. The Morgan fingerprint density at radius 3 is 2.65 bits per heavy atom. The maximum atomic E-state index is 12.0. The van der Waals surface area contributed by atoms with E-state index in [2.05, 4.69) is 0 Å². The lowest BCUT2D eigenvalue weighted by Crippen LogP contribution is -2.57. The first kappa shape index (κ1) is 12.4. The Hall–Kier alpha value is -1.10. The van der Waals surface area contributed by atoms with Gasteiger partial charge in [0.2, 0.25) is 5.91 Å². The first-order valence-electron chi connectivity index (χ1n) is 6.29. The van der Waals surface area contributed by atoms with Crippen LogP contribution in [0, 0.1) is 0 Å². The fourth-order valence-corrected chi connectivity index (χ4v) is 2.89. The average molecular weight is 240 g/mol. The Balaban J connectivity index is 2.01. The van der Waals surface area contributed by atoms with Gasteiger partial charge in [0, 0.05) is 18.6 Å². The Labute approximate surface area is 101 Å². The second-order valence-electron chi connectivity index (χ2n) is 5.15. The molecular weight excluding hydrogens is 220 g/mol. The summed E-state index contributed by atoms with van der Waals surface area (Å²) in [5.41, 5.74) is 0. The number of nitrogens with zero attached hydrogens (tertiary/aromatic N) is 2. The summed E-state index contributed by atoms with van der Waals surface area (Å²) in [6.45, 7) is 0.931. The van der Waals surface area contributed by atoms with Crippen LogP contribution < -0.4 is 0 Å². The topological polar surface area (TPSA) is 60.9 Å². The second-order valence-corrected chi connectivity index (χ2v) is 5.15. The van der Waals surface area contributed by atoms with Gasteiger partial charge in [-0.1, -0.05) is 12.8 Å². The molecule has 1 amide bonds. The third kappa shape index (κ3) is 2.77. The lowest BCUT2D eigenvalue weighted by molar-refractivity contribution is -0.146. The molecule has 1 N–H and O–H groups in total. The molecule has 1 atom stereocenters. The molecule has 1 saturated carbocycles. The van der Waals surface area contributed by atoms with Crippen molar-refractivity contribution < 1.29 is 14.7 Å². The van der Waals surface area contributed by atoms with Crippen LogP contribution in [0.1, 0.15) is 32.1 Å². The molecule has 2 aliphatic rings. The van der Waals surface area contributed by atoms with Crippen LogP contribution in [-0.4, -0.2) is 59.0 Å². The molecule has 0 aromatic heterocycles. The van der Waals surface area contributed by atoms with Crippen LogP contribution in [0.25, 0.3) is 0 Å². The average Bonchev–Trinajstić information content (AvgIpc) is 2.74. The molecule has 2 fully saturated rings. The molecule has 17 heavy (non-hydrogen) atoms. The molecule has 5 heteroatoms. The lowest BCUT2D eigenvalue weighted by Gasteiger charge is -2.41. The Kier molecular flexibility index (Phi) is 3.66. The molecule has 2 rings (SSSR count). The molecule has 1 saturated heterocycles. The fourth-order valence-electron chi connectivity index (χ4n) is 2.89. The van der Waals surface area contributed by atoms with Gasteiger partial charge in [-0.3, -0.25) is 14.5 Å². The van der Waals surface area contributed by atoms with Crippen LogP contribution in [0.3, 0.4) is 0 Å². The van der Waals surface area contributed by atoms with E-state index in [1.54, 1.807) is 0 Å². The number of aliphatic carboxylic acids is 1. The van der Waals surface area contributed by atoms with Crippen molar-refractivity contribution in [2.75, 3.05) is 20.1 Å². The van der Waals surface area contributed by atoms with E-state index < -0.39 is 5.97 Å². The van der Waals surface area contributed by atoms with E-state index in [4.69, 9.17) is 5.11 Å². The minimum Gasteiger partial charge on any atom is -0.481 e. The molecule has 0 spiro atoms. The van der Waals surface area contributed by atoms with E-state index >= 15 is 0 Å². The zero-order valence-electron chi connectivity index (χ0n) is 10.3. The number of carbonyl (C=O) groups excluding carboxylic acids is 1. The molecule has 5 nitrogen and oxygen atoms in total. The molecule has 0 aromatic carbocycles. The number of hydrogen-bond donors (Lipinski definition) is 1. The maximum absolute atomic E-state index is 12.0. The third-order valence-corrected chi connectivity index (χ3v) is 3.91. The van der Waals surface area contributed by atoms with Gasteiger partial charge in [0.25, 0.3) is 0 Å². The van der Waals surface area contributed by atoms with Crippen molar-refractivity contribution in [2.45, 2.75) is 44.2 Å². The van der Waals surface area contributed by atoms with Crippen molar-refractivity contribution in [3.05, 3.63) is 0 Å². The lowest BCUT2D eigenvalue weighted by atomic mass is 10.1. The highest BCUT2D eigenvalue weighted by Crippen LogP contribution is 2.26. The van der Waals surface area contributed by atoms with E-state index in [9.17, 15) is 9.59 Å². The zero-order chi connectivity index (χ0) is 12.4. The third-order valence-electron chi connectivity index (χ3n) is 3.91. The Morgan fingerprint density at radius 2 is 2.06 bits per heavy atom. The van der Waals surface area contributed by atoms with Crippen LogP contribution in [0.15, 0.2) is 0 Å². The van der Waals surface area contributed by atoms with Gasteiger partial charge < -0.3 is 10.0 Å². The van der Waals surface area contributed by atoms with Crippen LogP contribution >= 0.6 is 0 Å². The zero-order valence-corrected chi connectivity index (χ0v) is 10.3. The summed E-state index contributed by atoms with van der Waals surface area (Å²) in [7, 11) is 1.83. The minimum absolute atomic E-state index is 0.0363. The standard InChI is InChI=1S/C12H20N2O3/c1-13-8-11(15)14(9-4-2-3-5-9)7-10(13)6-12(16)17/h9-10H,2-8H2,1H3,(H,16,17). The monoisotopic (exact) mass is 240 g/mol. The maximum Gasteiger partial charge on any atom is 0.305 e. The van der Waals surface area contributed by atoms with Crippen LogP contribution in [0.4, 0.5) is 0 Å². The molecule has 0 bridgehead atoms. The van der Waals surface area contributed by atoms with Gasteiger partial charge in [-0.2, -0.15) is 0 Å². The minimum atomic E-state index is -0.789. The van der Waals surface area contributed by atoms with E-state index in [-0.39, 0.29) is 18.4 Å². The van der Waals surface area contributed by atoms with Gasteiger partial charge in [0.05, 0.1) is 13.0 Å². The van der Waals surface area contributed by atoms with Crippen molar-refractivity contribution in [3.8, 4) is 0 Å². The number of carboxylic acid groups (broad SMARTS) is 1. The molecule has 1 unspecified atom stereocenters. The summed E-state index contributed by atoms with van der Waals surface area (Å²) in [5.74, 6) is -0.636. The summed E-state index contributed by atoms with van der Waals surface area (Å²) >= 11 is 0. The largest absolute Gasteiger partial charge is 0.481 e. The van der Waals surface area contributed by atoms with E-state index in [1.807, 2.05) is 16.8 Å². The highest BCUT2D eigenvalue weighted by atomic mass is 16.4. The van der Waals surface area contributed by atoms with Gasteiger partial charge in [-0.15, -0.1) is 0 Å². The summed E-state index contributed by atoms with van der Waals surface area (Å²) in [6.07, 6.45) is 4.65. The summed E-state index contributed by atoms with van der Waals surface area (Å²) in [4.78, 5) is 26.5. The SMILES string of the molecule is CN1CC(=O)N(C2CCCC2)CC1CC(=O)O. The van der Waals surface area contributed by atoms with Crippen LogP contribution in [0.2, 0.25) is 0 Å². The van der Waals surface area contributed by atoms with Gasteiger partial charge in [-0.25, -0.2) is 0 Å². The van der Waals surface area contributed by atoms with Crippen molar-refractivity contribution in [3.63, 3.8) is 0 Å². The molecule has 96 valence electrons. The number of likely N-dealkylation sites (N-methyl/N-ethyl adjacent to an activating group) is 1. The number of piperazine rings is 1. The van der Waals surface area contributed by atoms with Gasteiger partial charge >= 0.3 is 5.97 Å². The fraction of sp³-hybridized carbons (Fsp3) is 0.833. The molecule has 1 heterocycles. The molecular formula is C12H20N2O3. The Morgan fingerprint density at radius 1 is 1.41 bits per heavy atom. The van der Waals surface area contributed by atoms with E-state index in [1.165, 1.54) is 12.8 Å². The summed E-state index contributed by atoms with van der Waals surface area (Å²) in [5, 5.41) is 8.87. The molecule has 0 aromatic rings. The molecule has 0 radical (unpaired) electrons. The summed E-state index contributed by atoms with van der Waals surface area (Å²) < 4.78 is 0. The highest BCUT2D eigenvalue weighted by Gasteiger charge is 2.35. The van der Waals surface area contributed by atoms with Gasteiger partial charge in [-0.05, 0) is 19.9 Å². The molecule has 1 aliphatic carbocycles. The predicted molar refractivity (Wildman–Crippen MR) is 62.6 cm³/mol. The van der Waals surface area contributed by atoms with Crippen molar-refractivity contribution >= 4 is 11.9 Å². The number of carbonyl (C=O) groups is 2.